The molecule has 0 radical (unpaired) electrons. The number of aryl methyl sites for hydroxylation is 1. The summed E-state index contributed by atoms with van der Waals surface area (Å²) in [5, 5.41) is 27.0. The second-order valence-electron chi connectivity index (χ2n) is 7.74. The van der Waals surface area contributed by atoms with Crippen LogP contribution in [0.2, 0.25) is 0 Å². The van der Waals surface area contributed by atoms with E-state index in [0.29, 0.717) is 22.3 Å². The van der Waals surface area contributed by atoms with Crippen LogP contribution < -0.4 is 0 Å². The Morgan fingerprint density at radius 2 is 1.94 bits per heavy atom. The summed E-state index contributed by atoms with van der Waals surface area (Å²) < 4.78 is 42.8. The molecule has 33 heavy (non-hydrogen) atoms. The Morgan fingerprint density at radius 1 is 1.18 bits per heavy atom. The summed E-state index contributed by atoms with van der Waals surface area (Å²) in [6, 6.07) is 8.52. The molecule has 8 nitrogen and oxygen atoms in total. The number of nitrogens with zero attached hydrogens (tertiary/aromatic N) is 5. The van der Waals surface area contributed by atoms with Crippen LogP contribution in [0.3, 0.4) is 0 Å². The van der Waals surface area contributed by atoms with E-state index in [2.05, 4.69) is 15.3 Å². The number of carbonyl (C=O) groups is 1. The zero-order valence-electron chi connectivity index (χ0n) is 17.7. The van der Waals surface area contributed by atoms with Gasteiger partial charge in [0, 0.05) is 29.2 Å². The maximum atomic E-state index is 13.3. The molecule has 0 saturated carbocycles. The Morgan fingerprint density at radius 3 is 2.55 bits per heavy atom. The maximum Gasteiger partial charge on any atom is 0.423 e. The molecule has 0 bridgehead atoms. The lowest BCUT2D eigenvalue weighted by Gasteiger charge is -2.26. The number of carboxylic acid groups (broad SMARTS) is 1. The molecule has 1 atom stereocenters. The SMILES string of the molecule is CCC(O)(c1cn(Cc2ccn3c(-c4ccc(C)nc4)c(C(=O)O)cc3c2)nn1)C(F)(F)F. The Hall–Kier alpha value is -3.73. The first-order valence-electron chi connectivity index (χ1n) is 10.0. The van der Waals surface area contributed by atoms with Crippen LogP contribution in [0.25, 0.3) is 16.8 Å². The van der Waals surface area contributed by atoms with Gasteiger partial charge in [-0.2, -0.15) is 13.2 Å². The van der Waals surface area contributed by atoms with E-state index in [9.17, 15) is 28.2 Å². The van der Waals surface area contributed by atoms with Crippen molar-refractivity contribution in [1.29, 1.82) is 0 Å². The van der Waals surface area contributed by atoms with Gasteiger partial charge in [-0.25, -0.2) is 9.48 Å². The van der Waals surface area contributed by atoms with Crippen molar-refractivity contribution in [3.8, 4) is 11.3 Å². The Bertz CT molecular complexity index is 1330. The zero-order chi connectivity index (χ0) is 24.0. The average Bonchev–Trinajstić information content (AvgIpc) is 3.38. The van der Waals surface area contributed by atoms with Crippen molar-refractivity contribution in [2.45, 2.75) is 38.6 Å². The standard InChI is InChI=1S/C22H20F3N5O3/c1-3-21(33,22(23,24)25)18-12-29(28-27-18)11-14-6-7-30-16(8-14)9-17(20(31)32)19(30)15-5-4-13(2)26-10-15/h4-10,12,33H,3,11H2,1-2H3,(H,31,32). The Kier molecular flexibility index (Phi) is 5.44. The Balaban J connectivity index is 1.70. The number of fused-ring (bicyclic) bond motifs is 1. The fraction of sp³-hybridized carbons (Fsp3) is 0.273. The fourth-order valence-electron chi connectivity index (χ4n) is 3.67. The first-order valence-corrected chi connectivity index (χ1v) is 10.0. The second-order valence-corrected chi connectivity index (χ2v) is 7.74. The normalized spacial score (nSPS) is 13.9. The van der Waals surface area contributed by atoms with Crippen molar-refractivity contribution in [2.24, 2.45) is 0 Å². The summed E-state index contributed by atoms with van der Waals surface area (Å²) in [7, 11) is 0. The molecule has 4 rings (SSSR count). The second kappa shape index (κ2) is 8.00. The van der Waals surface area contributed by atoms with Gasteiger partial charge in [-0.1, -0.05) is 12.1 Å². The van der Waals surface area contributed by atoms with Crippen molar-refractivity contribution in [3.63, 3.8) is 0 Å². The number of alkyl halides is 3. The van der Waals surface area contributed by atoms with Gasteiger partial charge >= 0.3 is 12.1 Å². The first-order chi connectivity index (χ1) is 15.5. The van der Waals surface area contributed by atoms with E-state index in [0.717, 1.165) is 11.9 Å². The summed E-state index contributed by atoms with van der Waals surface area (Å²) in [6.45, 7) is 3.13. The lowest BCUT2D eigenvalue weighted by Crippen LogP contribution is -2.42. The van der Waals surface area contributed by atoms with E-state index in [1.54, 1.807) is 41.1 Å². The third kappa shape index (κ3) is 3.95. The van der Waals surface area contributed by atoms with E-state index in [4.69, 9.17) is 0 Å². The molecule has 2 N–H and O–H groups in total. The molecule has 0 aliphatic rings. The van der Waals surface area contributed by atoms with Gasteiger partial charge in [-0.05, 0) is 49.2 Å². The third-order valence-electron chi connectivity index (χ3n) is 5.54. The molecule has 0 fully saturated rings. The average molecular weight is 459 g/mol. The summed E-state index contributed by atoms with van der Waals surface area (Å²) >= 11 is 0. The number of rotatable bonds is 6. The summed E-state index contributed by atoms with van der Waals surface area (Å²) in [4.78, 5) is 16.1. The molecule has 4 aromatic rings. The van der Waals surface area contributed by atoms with Crippen LogP contribution in [0.15, 0.2) is 48.9 Å². The smallest absolute Gasteiger partial charge is 0.423 e. The van der Waals surface area contributed by atoms with Crippen molar-refractivity contribution >= 4 is 11.5 Å². The van der Waals surface area contributed by atoms with Crippen molar-refractivity contribution in [1.82, 2.24) is 24.4 Å². The number of hydrogen-bond acceptors (Lipinski definition) is 5. The predicted octanol–water partition coefficient (Wildman–Crippen LogP) is 3.81. The van der Waals surface area contributed by atoms with E-state index in [1.807, 2.05) is 6.92 Å². The van der Waals surface area contributed by atoms with E-state index < -0.39 is 29.9 Å². The molecule has 0 aliphatic carbocycles. The number of halogens is 3. The van der Waals surface area contributed by atoms with Crippen LogP contribution in [0, 0.1) is 6.92 Å². The summed E-state index contributed by atoms with van der Waals surface area (Å²) in [5.41, 5.74) is -0.413. The van der Waals surface area contributed by atoms with E-state index in [-0.39, 0.29) is 12.1 Å². The van der Waals surface area contributed by atoms with Gasteiger partial charge in [0.15, 0.2) is 0 Å². The molecule has 0 aromatic carbocycles. The van der Waals surface area contributed by atoms with Gasteiger partial charge in [0.2, 0.25) is 5.60 Å². The van der Waals surface area contributed by atoms with Gasteiger partial charge in [-0.3, -0.25) is 4.98 Å². The highest BCUT2D eigenvalue weighted by atomic mass is 19.4. The highest BCUT2D eigenvalue weighted by Crippen LogP contribution is 2.40. The van der Waals surface area contributed by atoms with Crippen LogP contribution in [-0.2, 0) is 12.1 Å². The number of aliphatic hydroxyl groups is 1. The monoisotopic (exact) mass is 459 g/mol. The number of hydrogen-bond donors (Lipinski definition) is 2. The quantitative estimate of drug-likeness (QED) is 0.454. The largest absolute Gasteiger partial charge is 0.478 e. The molecule has 1 unspecified atom stereocenters. The van der Waals surface area contributed by atoms with Crippen molar-refractivity contribution in [3.05, 3.63) is 71.4 Å². The van der Waals surface area contributed by atoms with Crippen LogP contribution in [0.1, 0.15) is 40.7 Å². The lowest BCUT2D eigenvalue weighted by molar-refractivity contribution is -0.269. The predicted molar refractivity (Wildman–Crippen MR) is 112 cm³/mol. The van der Waals surface area contributed by atoms with E-state index >= 15 is 0 Å². The topological polar surface area (TPSA) is 106 Å². The molecule has 0 amide bonds. The number of carboxylic acids is 1. The Labute approximate surface area is 185 Å². The molecule has 0 saturated heterocycles. The highest BCUT2D eigenvalue weighted by molar-refractivity contribution is 5.97. The maximum absolute atomic E-state index is 13.3. The van der Waals surface area contributed by atoms with Crippen molar-refractivity contribution in [2.75, 3.05) is 0 Å². The summed E-state index contributed by atoms with van der Waals surface area (Å²) in [5.74, 6) is -1.09. The third-order valence-corrected chi connectivity index (χ3v) is 5.54. The van der Waals surface area contributed by atoms with Crippen LogP contribution in [-0.4, -0.2) is 46.7 Å². The molecule has 11 heteroatoms. The molecular formula is C22H20F3N5O3. The van der Waals surface area contributed by atoms with Crippen LogP contribution in [0.5, 0.6) is 0 Å². The molecule has 4 heterocycles. The van der Waals surface area contributed by atoms with Crippen LogP contribution >= 0.6 is 0 Å². The van der Waals surface area contributed by atoms with E-state index in [1.165, 1.54) is 17.7 Å². The lowest BCUT2D eigenvalue weighted by atomic mass is 9.96. The highest BCUT2D eigenvalue weighted by Gasteiger charge is 2.55. The van der Waals surface area contributed by atoms with Gasteiger partial charge in [0.05, 0.1) is 24.0 Å². The minimum Gasteiger partial charge on any atom is -0.478 e. The zero-order valence-corrected chi connectivity index (χ0v) is 17.7. The number of aromatic carboxylic acids is 1. The molecule has 0 aliphatic heterocycles. The minimum atomic E-state index is -4.89. The molecule has 4 aromatic heterocycles. The number of pyridine rings is 2. The minimum absolute atomic E-state index is 0.0795. The summed E-state index contributed by atoms with van der Waals surface area (Å²) in [6.07, 6.45) is -1.14. The fourth-order valence-corrected chi connectivity index (χ4v) is 3.67. The molecule has 172 valence electrons. The van der Waals surface area contributed by atoms with Gasteiger partial charge < -0.3 is 14.6 Å². The van der Waals surface area contributed by atoms with Crippen molar-refractivity contribution < 1.29 is 28.2 Å². The molecular weight excluding hydrogens is 439 g/mol. The molecule has 0 spiro atoms. The first kappa shape index (κ1) is 22.5. The van der Waals surface area contributed by atoms with Gasteiger partial charge in [0.1, 0.15) is 5.69 Å². The number of aromatic nitrogens is 5. The van der Waals surface area contributed by atoms with Crippen LogP contribution in [0.4, 0.5) is 13.2 Å². The van der Waals surface area contributed by atoms with Gasteiger partial charge in [0.25, 0.3) is 0 Å². The van der Waals surface area contributed by atoms with Gasteiger partial charge in [-0.15, -0.1) is 5.10 Å².